The van der Waals surface area contributed by atoms with Crippen molar-refractivity contribution < 1.29 is 17.6 Å². The summed E-state index contributed by atoms with van der Waals surface area (Å²) in [4.78, 5) is 15.6. The molecule has 8 nitrogen and oxygen atoms in total. The molecule has 0 radical (unpaired) electrons. The lowest BCUT2D eigenvalue weighted by molar-refractivity contribution is -0.134. The van der Waals surface area contributed by atoms with Crippen LogP contribution in [0.1, 0.15) is 43.2 Å². The zero-order valence-electron chi connectivity index (χ0n) is 24.5. The van der Waals surface area contributed by atoms with Crippen LogP contribution in [0, 0.1) is 17.1 Å². The molecule has 10 heteroatoms. The first-order valence-electron chi connectivity index (χ1n) is 14.5. The summed E-state index contributed by atoms with van der Waals surface area (Å²) >= 11 is 0. The number of nitrogen functional groups attached to an aromatic ring is 1. The molecule has 5 N–H and O–H groups in total. The van der Waals surface area contributed by atoms with Gasteiger partial charge in [0.1, 0.15) is 17.7 Å². The number of nitrogens with one attached hydrogen (secondary N) is 3. The number of allylic oxidation sites excluding steroid dienone is 1. The van der Waals surface area contributed by atoms with Gasteiger partial charge in [-0.1, -0.05) is 49.0 Å². The van der Waals surface area contributed by atoms with E-state index in [1.165, 1.54) is 24.3 Å². The minimum absolute atomic E-state index is 0.0218. The summed E-state index contributed by atoms with van der Waals surface area (Å²) in [6.07, 6.45) is 4.80. The van der Waals surface area contributed by atoms with Crippen molar-refractivity contribution >= 4 is 21.8 Å². The Balaban J connectivity index is 1.53. The van der Waals surface area contributed by atoms with Gasteiger partial charge in [0.05, 0.1) is 4.90 Å². The predicted octanol–water partition coefficient (Wildman–Crippen LogP) is 4.81. The van der Waals surface area contributed by atoms with Crippen molar-refractivity contribution in [3.8, 4) is 11.1 Å². The van der Waals surface area contributed by atoms with E-state index in [4.69, 9.17) is 11.1 Å². The van der Waals surface area contributed by atoms with Crippen LogP contribution in [0.4, 0.5) is 4.39 Å². The van der Waals surface area contributed by atoms with E-state index in [-0.39, 0.29) is 23.1 Å². The van der Waals surface area contributed by atoms with E-state index in [0.29, 0.717) is 41.3 Å². The molecule has 0 aliphatic carbocycles. The largest absolute Gasteiger partial charge is 0.392 e. The van der Waals surface area contributed by atoms with E-state index < -0.39 is 21.9 Å². The van der Waals surface area contributed by atoms with E-state index in [0.717, 1.165) is 37.8 Å². The number of sulfonamides is 1. The van der Waals surface area contributed by atoms with E-state index in [9.17, 15) is 17.6 Å². The summed E-state index contributed by atoms with van der Waals surface area (Å²) < 4.78 is 43.9. The molecular formula is C33H40FN5O3S. The zero-order chi connectivity index (χ0) is 31.0. The topological polar surface area (TPSA) is 128 Å². The van der Waals surface area contributed by atoms with Crippen molar-refractivity contribution in [2.75, 3.05) is 20.1 Å². The van der Waals surface area contributed by atoms with Crippen molar-refractivity contribution in [2.45, 2.75) is 49.5 Å². The fraction of sp³-hybridized carbons (Fsp3) is 0.333. The van der Waals surface area contributed by atoms with Crippen LogP contribution in [0.2, 0.25) is 0 Å². The van der Waals surface area contributed by atoms with Crippen LogP contribution in [0.15, 0.2) is 90.0 Å². The monoisotopic (exact) mass is 605 g/mol. The third-order valence-electron chi connectivity index (χ3n) is 7.95. The molecule has 3 aromatic carbocycles. The molecule has 1 atom stereocenters. The fourth-order valence-electron chi connectivity index (χ4n) is 5.44. The van der Waals surface area contributed by atoms with Gasteiger partial charge in [-0.3, -0.25) is 10.2 Å². The molecule has 1 amide bonds. The Morgan fingerprint density at radius 3 is 2.42 bits per heavy atom. The first-order valence-corrected chi connectivity index (χ1v) is 16.0. The van der Waals surface area contributed by atoms with Crippen LogP contribution < -0.4 is 15.8 Å². The van der Waals surface area contributed by atoms with Crippen LogP contribution in [-0.2, 0) is 21.2 Å². The molecule has 0 saturated carbocycles. The van der Waals surface area contributed by atoms with Gasteiger partial charge in [-0.05, 0) is 91.5 Å². The second-order valence-electron chi connectivity index (χ2n) is 11.0. The summed E-state index contributed by atoms with van der Waals surface area (Å²) in [7, 11) is -2.27. The highest BCUT2D eigenvalue weighted by Crippen LogP contribution is 2.26. The van der Waals surface area contributed by atoms with Gasteiger partial charge in [0.2, 0.25) is 15.9 Å². The third-order valence-corrected chi connectivity index (χ3v) is 9.42. The number of nitrogens with zero attached hydrogens (tertiary/aromatic N) is 1. The van der Waals surface area contributed by atoms with Crippen LogP contribution in [0.3, 0.4) is 0 Å². The molecule has 43 heavy (non-hydrogen) atoms. The Morgan fingerprint density at radius 1 is 1.07 bits per heavy atom. The number of amidine groups is 1. The number of carbonyl (C=O) groups excluding carboxylic acids is 1. The first kappa shape index (κ1) is 31.9. The predicted molar refractivity (Wildman–Crippen MR) is 168 cm³/mol. The van der Waals surface area contributed by atoms with Gasteiger partial charge in [-0.2, -0.15) is 4.72 Å². The molecule has 4 rings (SSSR count). The maximum Gasteiger partial charge on any atom is 0.241 e. The summed E-state index contributed by atoms with van der Waals surface area (Å²) in [5, 5.41) is 10.9. The van der Waals surface area contributed by atoms with Crippen molar-refractivity contribution in [1.29, 1.82) is 5.41 Å². The second-order valence-corrected chi connectivity index (χ2v) is 12.8. The number of carbonyl (C=O) groups is 1. The average molecular weight is 606 g/mol. The zero-order valence-corrected chi connectivity index (χ0v) is 25.3. The molecule has 0 aromatic heterocycles. The normalized spacial score (nSPS) is 14.7. The maximum atomic E-state index is 13.9. The van der Waals surface area contributed by atoms with Crippen molar-refractivity contribution in [2.24, 2.45) is 11.7 Å². The molecule has 1 saturated heterocycles. The van der Waals surface area contributed by atoms with Gasteiger partial charge in [0.15, 0.2) is 0 Å². The molecule has 228 valence electrons. The number of hydrogen-bond acceptors (Lipinski definition) is 5. The van der Waals surface area contributed by atoms with Crippen LogP contribution >= 0.6 is 0 Å². The van der Waals surface area contributed by atoms with Crippen molar-refractivity contribution in [3.05, 3.63) is 102 Å². The number of halogens is 1. The molecule has 1 aliphatic heterocycles. The number of piperidine rings is 1. The number of hydrogen-bond donors (Lipinski definition) is 4. The molecule has 3 aromatic rings. The van der Waals surface area contributed by atoms with Crippen molar-refractivity contribution in [1.82, 2.24) is 14.9 Å². The lowest BCUT2D eigenvalue weighted by Gasteiger charge is -2.34. The Hall–Kier alpha value is -4.02. The van der Waals surface area contributed by atoms with E-state index in [1.54, 1.807) is 53.4 Å². The molecule has 1 aliphatic rings. The molecule has 0 spiro atoms. The highest BCUT2D eigenvalue weighted by Gasteiger charge is 2.32. The van der Waals surface area contributed by atoms with Crippen LogP contribution in [0.5, 0.6) is 0 Å². The minimum atomic E-state index is -4.14. The van der Waals surface area contributed by atoms with E-state index in [1.807, 2.05) is 7.05 Å². The Bertz CT molecular complexity index is 1570. The standard InChI is InChI=1S/C33H40FN5O3S/c1-23(37-2)7-3-8-24-15-17-39(18-16-24)33(40)31(20-25-9-4-12-28(19-25)32(35)36)38-43(41,42)30-14-6-11-27(22-30)26-10-5-13-29(34)21-26/h4-6,9-14,19,21-22,24,31,37-38H,1,3,7-8,15-18,20H2,2H3,(H3,35,36)/t31-/m0/s1. The summed E-state index contributed by atoms with van der Waals surface area (Å²) in [5.74, 6) is -0.323. The van der Waals surface area contributed by atoms with Gasteiger partial charge in [-0.15, -0.1) is 0 Å². The SMILES string of the molecule is C=C(CCCC1CCN(C(=O)[C@H](Cc2cccc(C(=N)N)c2)NS(=O)(=O)c2cccc(-c3cccc(F)c3)c2)CC1)NC. The van der Waals surface area contributed by atoms with Crippen LogP contribution in [-0.4, -0.2) is 51.2 Å². The minimum Gasteiger partial charge on any atom is -0.392 e. The van der Waals surface area contributed by atoms with Gasteiger partial charge in [-0.25, -0.2) is 12.8 Å². The van der Waals surface area contributed by atoms with Gasteiger partial charge in [0.25, 0.3) is 0 Å². The van der Waals surface area contributed by atoms with Gasteiger partial charge in [0, 0.05) is 31.4 Å². The number of nitrogens with two attached hydrogens (primary N) is 1. The van der Waals surface area contributed by atoms with Gasteiger partial charge < -0.3 is 16.0 Å². The summed E-state index contributed by atoms with van der Waals surface area (Å²) in [6, 6.07) is 18.0. The number of rotatable bonds is 13. The lowest BCUT2D eigenvalue weighted by atomic mass is 9.91. The highest BCUT2D eigenvalue weighted by atomic mass is 32.2. The molecule has 1 heterocycles. The highest BCUT2D eigenvalue weighted by molar-refractivity contribution is 7.89. The van der Waals surface area contributed by atoms with Gasteiger partial charge >= 0.3 is 0 Å². The fourth-order valence-corrected chi connectivity index (χ4v) is 6.67. The second kappa shape index (κ2) is 14.4. The summed E-state index contributed by atoms with van der Waals surface area (Å²) in [6.45, 7) is 5.09. The smallest absolute Gasteiger partial charge is 0.241 e. The number of likely N-dealkylation sites (tertiary alicyclic amines) is 1. The Morgan fingerprint density at radius 2 is 1.74 bits per heavy atom. The first-order chi connectivity index (χ1) is 20.6. The Labute approximate surface area is 253 Å². The molecular weight excluding hydrogens is 565 g/mol. The number of benzene rings is 3. The average Bonchev–Trinajstić information content (AvgIpc) is 3.00. The third kappa shape index (κ3) is 8.75. The summed E-state index contributed by atoms with van der Waals surface area (Å²) in [5.41, 5.74) is 8.95. The quantitative estimate of drug-likeness (QED) is 0.164. The molecule has 0 unspecified atom stereocenters. The van der Waals surface area contributed by atoms with Crippen LogP contribution in [0.25, 0.3) is 11.1 Å². The number of amides is 1. The van der Waals surface area contributed by atoms with Crippen molar-refractivity contribution in [3.63, 3.8) is 0 Å². The molecule has 0 bridgehead atoms. The molecule has 1 fully saturated rings. The maximum absolute atomic E-state index is 13.9. The van der Waals surface area contributed by atoms with E-state index >= 15 is 0 Å². The lowest BCUT2D eigenvalue weighted by Crippen LogP contribution is -2.51. The Kier molecular flexibility index (Phi) is 10.7. The van der Waals surface area contributed by atoms with E-state index in [2.05, 4.69) is 16.6 Å².